The number of aryl methyl sites for hydroxylation is 1. The summed E-state index contributed by atoms with van der Waals surface area (Å²) in [6.45, 7) is 0. The van der Waals surface area contributed by atoms with Crippen molar-refractivity contribution in [2.24, 2.45) is 5.73 Å². The van der Waals surface area contributed by atoms with Gasteiger partial charge in [-0.3, -0.25) is 4.79 Å². The molecule has 0 aliphatic heterocycles. The van der Waals surface area contributed by atoms with Crippen LogP contribution in [0.4, 0.5) is 0 Å². The highest BCUT2D eigenvalue weighted by Crippen LogP contribution is 2.36. The molecule has 2 fully saturated rings. The molecule has 1 aromatic carbocycles. The second-order valence-corrected chi connectivity index (χ2v) is 6.50. The SMILES string of the molecule is NC1(Cc2ccccc2CCC(=O)NC2CCC2)CC1. The zero-order valence-corrected chi connectivity index (χ0v) is 12.0. The van der Waals surface area contributed by atoms with Crippen molar-refractivity contribution in [1.29, 1.82) is 0 Å². The van der Waals surface area contributed by atoms with Gasteiger partial charge in [0.2, 0.25) is 5.91 Å². The molecule has 0 unspecified atom stereocenters. The quantitative estimate of drug-likeness (QED) is 0.835. The molecule has 3 heteroatoms. The van der Waals surface area contributed by atoms with E-state index in [1.54, 1.807) is 0 Å². The third kappa shape index (κ3) is 3.40. The van der Waals surface area contributed by atoms with E-state index in [1.807, 2.05) is 0 Å². The van der Waals surface area contributed by atoms with Gasteiger partial charge >= 0.3 is 0 Å². The Bertz CT molecular complexity index is 490. The molecule has 2 saturated carbocycles. The van der Waals surface area contributed by atoms with Gasteiger partial charge in [0.05, 0.1) is 0 Å². The average molecular weight is 272 g/mol. The molecule has 3 rings (SSSR count). The van der Waals surface area contributed by atoms with E-state index in [1.165, 1.54) is 17.5 Å². The molecule has 20 heavy (non-hydrogen) atoms. The third-order valence-electron chi connectivity index (χ3n) is 4.64. The summed E-state index contributed by atoms with van der Waals surface area (Å²) in [5, 5.41) is 3.10. The molecule has 3 N–H and O–H groups in total. The van der Waals surface area contributed by atoms with Gasteiger partial charge in [-0.15, -0.1) is 0 Å². The van der Waals surface area contributed by atoms with Crippen molar-refractivity contribution < 1.29 is 4.79 Å². The third-order valence-corrected chi connectivity index (χ3v) is 4.64. The number of rotatable bonds is 6. The summed E-state index contributed by atoms with van der Waals surface area (Å²) in [6.07, 6.45) is 8.18. The highest BCUT2D eigenvalue weighted by atomic mass is 16.1. The number of nitrogens with one attached hydrogen (secondary N) is 1. The summed E-state index contributed by atoms with van der Waals surface area (Å²) >= 11 is 0. The lowest BCUT2D eigenvalue weighted by molar-refractivity contribution is -0.122. The zero-order valence-electron chi connectivity index (χ0n) is 12.0. The molecule has 108 valence electrons. The fourth-order valence-electron chi connectivity index (χ4n) is 2.79. The van der Waals surface area contributed by atoms with Gasteiger partial charge in [-0.2, -0.15) is 0 Å². The van der Waals surface area contributed by atoms with Crippen LogP contribution in [0.25, 0.3) is 0 Å². The Balaban J connectivity index is 1.54. The first-order valence-electron chi connectivity index (χ1n) is 7.80. The van der Waals surface area contributed by atoms with E-state index in [0.717, 1.165) is 38.5 Å². The first-order chi connectivity index (χ1) is 9.65. The van der Waals surface area contributed by atoms with Crippen LogP contribution in [0, 0.1) is 0 Å². The molecule has 0 spiro atoms. The number of carbonyl (C=O) groups excluding carboxylic acids is 1. The number of amides is 1. The molecule has 0 saturated heterocycles. The van der Waals surface area contributed by atoms with Gasteiger partial charge in [0.25, 0.3) is 0 Å². The molecule has 0 radical (unpaired) electrons. The summed E-state index contributed by atoms with van der Waals surface area (Å²) in [7, 11) is 0. The Morgan fingerprint density at radius 1 is 1.25 bits per heavy atom. The van der Waals surface area contributed by atoms with Crippen LogP contribution in [0.15, 0.2) is 24.3 Å². The van der Waals surface area contributed by atoms with E-state index in [-0.39, 0.29) is 11.4 Å². The molecule has 2 aliphatic rings. The summed E-state index contributed by atoms with van der Waals surface area (Å²) in [5.74, 6) is 0.193. The Hall–Kier alpha value is -1.35. The Kier molecular flexibility index (Phi) is 3.79. The number of carbonyl (C=O) groups is 1. The monoisotopic (exact) mass is 272 g/mol. The number of hydrogen-bond acceptors (Lipinski definition) is 2. The van der Waals surface area contributed by atoms with Gasteiger partial charge < -0.3 is 11.1 Å². The Morgan fingerprint density at radius 3 is 2.55 bits per heavy atom. The molecular weight excluding hydrogens is 248 g/mol. The van der Waals surface area contributed by atoms with Crippen molar-refractivity contribution in [3.8, 4) is 0 Å². The van der Waals surface area contributed by atoms with E-state index in [2.05, 4.69) is 29.6 Å². The zero-order chi connectivity index (χ0) is 14.0. The van der Waals surface area contributed by atoms with E-state index >= 15 is 0 Å². The minimum absolute atomic E-state index is 0.0320. The fourth-order valence-corrected chi connectivity index (χ4v) is 2.79. The van der Waals surface area contributed by atoms with Crippen LogP contribution in [-0.2, 0) is 17.6 Å². The minimum atomic E-state index is 0.0320. The molecule has 1 aromatic rings. The van der Waals surface area contributed by atoms with Crippen LogP contribution >= 0.6 is 0 Å². The first-order valence-corrected chi connectivity index (χ1v) is 7.80. The van der Waals surface area contributed by atoms with Crippen molar-refractivity contribution in [1.82, 2.24) is 5.32 Å². The van der Waals surface area contributed by atoms with E-state index in [4.69, 9.17) is 5.73 Å². The van der Waals surface area contributed by atoms with Gasteiger partial charge in [-0.05, 0) is 56.1 Å². The van der Waals surface area contributed by atoms with E-state index in [0.29, 0.717) is 12.5 Å². The van der Waals surface area contributed by atoms with Crippen LogP contribution in [0.1, 0.15) is 49.7 Å². The van der Waals surface area contributed by atoms with Crippen LogP contribution in [0.5, 0.6) is 0 Å². The lowest BCUT2D eigenvalue weighted by Crippen LogP contribution is -2.39. The molecule has 0 heterocycles. The normalized spacial score (nSPS) is 20.2. The maximum absolute atomic E-state index is 11.9. The maximum atomic E-state index is 11.9. The second-order valence-electron chi connectivity index (χ2n) is 6.50. The van der Waals surface area contributed by atoms with Gasteiger partial charge in [0, 0.05) is 18.0 Å². The van der Waals surface area contributed by atoms with E-state index in [9.17, 15) is 4.79 Å². The average Bonchev–Trinajstić information content (AvgIpc) is 3.10. The predicted octanol–water partition coefficient (Wildman–Crippen LogP) is 2.32. The van der Waals surface area contributed by atoms with Crippen LogP contribution < -0.4 is 11.1 Å². The number of benzene rings is 1. The molecule has 0 bridgehead atoms. The number of nitrogens with two attached hydrogens (primary N) is 1. The molecule has 1 amide bonds. The number of hydrogen-bond donors (Lipinski definition) is 2. The highest BCUT2D eigenvalue weighted by molar-refractivity contribution is 5.76. The van der Waals surface area contributed by atoms with Gasteiger partial charge in [0.15, 0.2) is 0 Å². The van der Waals surface area contributed by atoms with Crippen molar-refractivity contribution >= 4 is 5.91 Å². The largest absolute Gasteiger partial charge is 0.353 e. The highest BCUT2D eigenvalue weighted by Gasteiger charge is 2.38. The van der Waals surface area contributed by atoms with Crippen molar-refractivity contribution in [2.75, 3.05) is 0 Å². The summed E-state index contributed by atoms with van der Waals surface area (Å²) < 4.78 is 0. The summed E-state index contributed by atoms with van der Waals surface area (Å²) in [6, 6.07) is 8.86. The fraction of sp³-hybridized carbons (Fsp3) is 0.588. The summed E-state index contributed by atoms with van der Waals surface area (Å²) in [4.78, 5) is 11.9. The second kappa shape index (κ2) is 5.57. The van der Waals surface area contributed by atoms with Crippen molar-refractivity contribution in [3.63, 3.8) is 0 Å². The van der Waals surface area contributed by atoms with Gasteiger partial charge in [0.1, 0.15) is 0 Å². The van der Waals surface area contributed by atoms with Crippen LogP contribution in [-0.4, -0.2) is 17.5 Å². The Morgan fingerprint density at radius 2 is 1.95 bits per heavy atom. The first kappa shape index (κ1) is 13.6. The van der Waals surface area contributed by atoms with E-state index < -0.39 is 0 Å². The van der Waals surface area contributed by atoms with Crippen LogP contribution in [0.2, 0.25) is 0 Å². The van der Waals surface area contributed by atoms with Crippen molar-refractivity contribution in [2.45, 2.75) is 62.9 Å². The predicted molar refractivity (Wildman–Crippen MR) is 80.4 cm³/mol. The molecule has 2 aliphatic carbocycles. The summed E-state index contributed by atoms with van der Waals surface area (Å²) in [5.41, 5.74) is 8.86. The standard InChI is InChI=1S/C17H24N2O/c18-17(10-11-17)12-14-5-2-1-4-13(14)8-9-16(20)19-15-6-3-7-15/h1-2,4-5,15H,3,6-12,18H2,(H,19,20). The van der Waals surface area contributed by atoms with Crippen molar-refractivity contribution in [3.05, 3.63) is 35.4 Å². The lowest BCUT2D eigenvalue weighted by Gasteiger charge is -2.26. The molecular formula is C17H24N2O. The van der Waals surface area contributed by atoms with Gasteiger partial charge in [-0.25, -0.2) is 0 Å². The maximum Gasteiger partial charge on any atom is 0.220 e. The minimum Gasteiger partial charge on any atom is -0.353 e. The van der Waals surface area contributed by atoms with Gasteiger partial charge in [-0.1, -0.05) is 24.3 Å². The topological polar surface area (TPSA) is 55.1 Å². The molecule has 0 aromatic heterocycles. The molecule has 3 nitrogen and oxygen atoms in total. The van der Waals surface area contributed by atoms with Crippen LogP contribution in [0.3, 0.4) is 0 Å². The Labute approximate surface area is 120 Å². The molecule has 0 atom stereocenters. The lowest BCUT2D eigenvalue weighted by atomic mass is 9.92. The smallest absolute Gasteiger partial charge is 0.220 e.